The first-order valence-corrected chi connectivity index (χ1v) is 12.7. The molecule has 0 radical (unpaired) electrons. The Balaban J connectivity index is 1.53. The fourth-order valence-corrected chi connectivity index (χ4v) is 5.67. The first-order chi connectivity index (χ1) is 17.0. The molecular formula is C25H17ClN4O3S2. The molecule has 35 heavy (non-hydrogen) atoms. The van der Waals surface area contributed by atoms with E-state index < -0.39 is 17.7 Å². The predicted molar refractivity (Wildman–Crippen MR) is 136 cm³/mol. The normalized spacial score (nSPS) is 17.2. The summed E-state index contributed by atoms with van der Waals surface area (Å²) < 4.78 is 0.661. The minimum absolute atomic E-state index is 0.0426. The van der Waals surface area contributed by atoms with Crippen LogP contribution in [0.15, 0.2) is 89.0 Å². The number of carbonyl (C=O) groups is 2. The van der Waals surface area contributed by atoms with Crippen molar-refractivity contribution in [3.8, 4) is 0 Å². The standard InChI is InChI=1S/C25H17ClN4O3S2/c26-18-10-8-16(9-11-18)21(31)19-20(17-7-4-12-27-13-17)30(23(33)22(19)32)24-28-29-25(35-24)34-14-15-5-2-1-3-6-15/h1-13,20,31H,14H2/b21-19-. The third-order valence-electron chi connectivity index (χ3n) is 5.37. The van der Waals surface area contributed by atoms with Gasteiger partial charge in [-0.2, -0.15) is 0 Å². The molecule has 5 rings (SSSR count). The molecule has 174 valence electrons. The summed E-state index contributed by atoms with van der Waals surface area (Å²) in [5.41, 5.74) is 2.03. The lowest BCUT2D eigenvalue weighted by Crippen LogP contribution is -2.29. The number of benzene rings is 2. The van der Waals surface area contributed by atoms with Gasteiger partial charge in [0.1, 0.15) is 5.76 Å². The van der Waals surface area contributed by atoms with E-state index in [-0.39, 0.29) is 16.5 Å². The molecule has 1 atom stereocenters. The van der Waals surface area contributed by atoms with Gasteiger partial charge >= 0.3 is 5.91 Å². The third-order valence-corrected chi connectivity index (χ3v) is 7.75. The van der Waals surface area contributed by atoms with Gasteiger partial charge in [-0.15, -0.1) is 10.2 Å². The largest absolute Gasteiger partial charge is 0.507 e. The lowest BCUT2D eigenvalue weighted by molar-refractivity contribution is -0.132. The van der Waals surface area contributed by atoms with Gasteiger partial charge in [0.15, 0.2) is 4.34 Å². The number of Topliss-reactive ketones (excluding diaryl/α,β-unsaturated/α-hetero) is 1. The maximum atomic E-state index is 13.2. The molecular weight excluding hydrogens is 504 g/mol. The van der Waals surface area contributed by atoms with Crippen molar-refractivity contribution in [1.82, 2.24) is 15.2 Å². The first-order valence-electron chi connectivity index (χ1n) is 10.5. The van der Waals surface area contributed by atoms with Crippen LogP contribution in [0.3, 0.4) is 0 Å². The number of hydrogen-bond donors (Lipinski definition) is 1. The van der Waals surface area contributed by atoms with Crippen LogP contribution in [0.2, 0.25) is 5.02 Å². The molecule has 1 unspecified atom stereocenters. The van der Waals surface area contributed by atoms with E-state index in [1.54, 1.807) is 48.8 Å². The Morgan fingerprint density at radius 3 is 2.51 bits per heavy atom. The van der Waals surface area contributed by atoms with E-state index in [1.807, 2.05) is 30.3 Å². The SMILES string of the molecule is O=C1C(=O)N(c2nnc(SCc3ccccc3)s2)C(c2cccnc2)/C1=C(/O)c1ccc(Cl)cc1. The number of pyridine rings is 1. The second kappa shape index (κ2) is 9.99. The molecule has 2 aromatic carbocycles. The number of nitrogens with zero attached hydrogens (tertiary/aromatic N) is 4. The lowest BCUT2D eigenvalue weighted by atomic mass is 9.96. The number of rotatable bonds is 6. The average Bonchev–Trinajstić information content (AvgIpc) is 3.46. The quantitative estimate of drug-likeness (QED) is 0.118. The Kier molecular flexibility index (Phi) is 6.63. The van der Waals surface area contributed by atoms with E-state index in [0.29, 0.717) is 26.2 Å². The minimum atomic E-state index is -0.903. The van der Waals surface area contributed by atoms with E-state index >= 15 is 0 Å². The molecule has 1 amide bonds. The Labute approximate surface area is 214 Å². The lowest BCUT2D eigenvalue weighted by Gasteiger charge is -2.22. The highest BCUT2D eigenvalue weighted by atomic mass is 35.5. The molecule has 0 bridgehead atoms. The predicted octanol–water partition coefficient (Wildman–Crippen LogP) is 5.51. The van der Waals surface area contributed by atoms with Crippen LogP contribution in [0.1, 0.15) is 22.7 Å². The van der Waals surface area contributed by atoms with Gasteiger partial charge in [0.05, 0.1) is 11.6 Å². The van der Waals surface area contributed by atoms with Crippen molar-refractivity contribution in [2.45, 2.75) is 16.1 Å². The molecule has 3 heterocycles. The summed E-state index contributed by atoms with van der Waals surface area (Å²) in [7, 11) is 0. The number of anilines is 1. The monoisotopic (exact) mass is 520 g/mol. The molecule has 1 fully saturated rings. The van der Waals surface area contributed by atoms with Crippen LogP contribution in [-0.2, 0) is 15.3 Å². The number of halogens is 1. The van der Waals surface area contributed by atoms with E-state index in [9.17, 15) is 14.7 Å². The van der Waals surface area contributed by atoms with Crippen molar-refractivity contribution in [2.75, 3.05) is 4.90 Å². The Morgan fingerprint density at radius 1 is 1.03 bits per heavy atom. The van der Waals surface area contributed by atoms with Crippen LogP contribution in [0, 0.1) is 0 Å². The third kappa shape index (κ3) is 4.70. The van der Waals surface area contributed by atoms with E-state index in [2.05, 4.69) is 15.2 Å². The molecule has 1 aliphatic rings. The number of thioether (sulfide) groups is 1. The van der Waals surface area contributed by atoms with Crippen molar-refractivity contribution in [3.63, 3.8) is 0 Å². The van der Waals surface area contributed by atoms with E-state index in [0.717, 1.165) is 5.56 Å². The zero-order valence-corrected chi connectivity index (χ0v) is 20.4. The van der Waals surface area contributed by atoms with Crippen molar-refractivity contribution in [3.05, 3.63) is 106 Å². The van der Waals surface area contributed by atoms with Crippen molar-refractivity contribution in [1.29, 1.82) is 0 Å². The highest BCUT2D eigenvalue weighted by molar-refractivity contribution is 8.00. The van der Waals surface area contributed by atoms with E-state index in [4.69, 9.17) is 11.6 Å². The topological polar surface area (TPSA) is 96.3 Å². The van der Waals surface area contributed by atoms with Gasteiger partial charge in [0.25, 0.3) is 5.78 Å². The zero-order chi connectivity index (χ0) is 24.4. The van der Waals surface area contributed by atoms with Crippen molar-refractivity contribution in [2.24, 2.45) is 0 Å². The second-order valence-electron chi connectivity index (χ2n) is 7.59. The van der Waals surface area contributed by atoms with Gasteiger partial charge in [-0.05, 0) is 41.5 Å². The summed E-state index contributed by atoms with van der Waals surface area (Å²) in [5.74, 6) is -1.19. The fourth-order valence-electron chi connectivity index (χ4n) is 3.72. The van der Waals surface area contributed by atoms with Gasteiger partial charge in [-0.1, -0.05) is 71.1 Å². The Morgan fingerprint density at radius 2 is 1.80 bits per heavy atom. The highest BCUT2D eigenvalue weighted by Crippen LogP contribution is 2.43. The molecule has 1 N–H and O–H groups in total. The van der Waals surface area contributed by atoms with Crippen molar-refractivity contribution >= 4 is 57.3 Å². The van der Waals surface area contributed by atoms with Gasteiger partial charge in [-0.3, -0.25) is 19.5 Å². The number of amides is 1. The van der Waals surface area contributed by atoms with Gasteiger partial charge in [0.2, 0.25) is 5.13 Å². The number of ketones is 1. The molecule has 7 nitrogen and oxygen atoms in total. The Hall–Kier alpha value is -3.53. The number of aliphatic hydroxyl groups excluding tert-OH is 1. The van der Waals surface area contributed by atoms with Crippen LogP contribution >= 0.6 is 34.7 Å². The smallest absolute Gasteiger partial charge is 0.301 e. The molecule has 10 heteroatoms. The zero-order valence-electron chi connectivity index (χ0n) is 18.0. The maximum absolute atomic E-state index is 13.2. The second-order valence-corrected chi connectivity index (χ2v) is 10.2. The summed E-state index contributed by atoms with van der Waals surface area (Å²) in [6, 6.07) is 18.9. The fraction of sp³-hybridized carbons (Fsp3) is 0.0800. The minimum Gasteiger partial charge on any atom is -0.507 e. The van der Waals surface area contributed by atoms with Crippen LogP contribution in [-0.4, -0.2) is 32.0 Å². The summed E-state index contributed by atoms with van der Waals surface area (Å²) in [6.07, 6.45) is 3.16. The molecule has 0 saturated carbocycles. The highest BCUT2D eigenvalue weighted by Gasteiger charge is 2.48. The number of hydrogen-bond acceptors (Lipinski definition) is 8. The van der Waals surface area contributed by atoms with Crippen LogP contribution in [0.4, 0.5) is 5.13 Å². The Bertz CT molecular complexity index is 1410. The number of aromatic nitrogens is 3. The average molecular weight is 521 g/mol. The first kappa shape index (κ1) is 23.2. The summed E-state index contributed by atoms with van der Waals surface area (Å²) in [4.78, 5) is 31.8. The van der Waals surface area contributed by atoms with Gasteiger partial charge in [0, 0.05) is 28.7 Å². The van der Waals surface area contributed by atoms with Crippen molar-refractivity contribution < 1.29 is 14.7 Å². The molecule has 1 saturated heterocycles. The molecule has 1 aliphatic heterocycles. The number of carbonyl (C=O) groups excluding carboxylic acids is 2. The molecule has 4 aromatic rings. The number of aliphatic hydroxyl groups is 1. The summed E-state index contributed by atoms with van der Waals surface area (Å²) in [5, 5.41) is 20.3. The molecule has 0 aliphatic carbocycles. The molecule has 2 aromatic heterocycles. The van der Waals surface area contributed by atoms with Crippen LogP contribution in [0.5, 0.6) is 0 Å². The molecule has 0 spiro atoms. The van der Waals surface area contributed by atoms with E-state index in [1.165, 1.54) is 28.0 Å². The van der Waals surface area contributed by atoms with Crippen LogP contribution in [0.25, 0.3) is 5.76 Å². The maximum Gasteiger partial charge on any atom is 0.301 e. The van der Waals surface area contributed by atoms with Crippen LogP contribution < -0.4 is 4.90 Å². The summed E-state index contributed by atoms with van der Waals surface area (Å²) in [6.45, 7) is 0. The van der Waals surface area contributed by atoms with Gasteiger partial charge < -0.3 is 5.11 Å². The summed E-state index contributed by atoms with van der Waals surface area (Å²) >= 11 is 8.68. The van der Waals surface area contributed by atoms with Gasteiger partial charge in [-0.25, -0.2) is 0 Å².